The Balaban J connectivity index is 0.00000306. The van der Waals surface area contributed by atoms with Crippen LogP contribution in [0.1, 0.15) is 18.1 Å². The summed E-state index contributed by atoms with van der Waals surface area (Å²) in [5.74, 6) is 0.461. The number of morpholine rings is 1. The van der Waals surface area contributed by atoms with Crippen LogP contribution in [0.4, 0.5) is 5.69 Å². The summed E-state index contributed by atoms with van der Waals surface area (Å²) in [7, 11) is 4.09. The predicted octanol–water partition coefficient (Wildman–Crippen LogP) is 3.11. The van der Waals surface area contributed by atoms with Gasteiger partial charge in [0.2, 0.25) is 11.8 Å². The number of nitrogens with zero attached hydrogens (tertiary/aromatic N) is 5. The maximum atomic E-state index is 11.7. The number of anilines is 1. The number of carbonyl (C=O) groups is 1. The SMILES string of the molecule is CC(=O)N1CCO[C@H](COc2nc(-c3cc(C)c(N(C)C)c(C)c3)cc3nccnc23)C1.S. The van der Waals surface area contributed by atoms with Crippen molar-refractivity contribution in [2.24, 2.45) is 0 Å². The molecule has 9 heteroatoms. The van der Waals surface area contributed by atoms with Gasteiger partial charge >= 0.3 is 0 Å². The maximum Gasteiger partial charge on any atom is 0.242 e. The summed E-state index contributed by atoms with van der Waals surface area (Å²) < 4.78 is 11.9. The summed E-state index contributed by atoms with van der Waals surface area (Å²) in [5.41, 5.74) is 6.65. The number of aromatic nitrogens is 3. The standard InChI is InChI=1S/C24H29N5O3.H2S/c1-15-10-18(11-16(2)23(15)28(4)5)20-12-21-22(26-7-6-25-21)24(27-20)32-14-19-13-29(17(3)30)8-9-31-19;/h6-7,10-12,19H,8-9,13-14H2,1-5H3;1H2/t19-;/m0./s1. The van der Waals surface area contributed by atoms with E-state index in [1.165, 1.54) is 16.8 Å². The number of ether oxygens (including phenoxy) is 2. The first kappa shape index (κ1) is 24.7. The van der Waals surface area contributed by atoms with Crippen molar-refractivity contribution in [3.05, 3.63) is 41.7 Å². The molecule has 4 rings (SSSR count). The first-order chi connectivity index (χ1) is 15.3. The Bertz CT molecular complexity index is 1130. The fourth-order valence-electron chi connectivity index (χ4n) is 4.28. The van der Waals surface area contributed by atoms with E-state index in [-0.39, 0.29) is 32.1 Å². The average molecular weight is 470 g/mol. The van der Waals surface area contributed by atoms with Crippen LogP contribution < -0.4 is 9.64 Å². The molecule has 0 bridgehead atoms. The molecule has 0 saturated carbocycles. The third kappa shape index (κ3) is 5.36. The molecule has 1 amide bonds. The molecule has 0 spiro atoms. The van der Waals surface area contributed by atoms with Gasteiger partial charge in [0.25, 0.3) is 0 Å². The highest BCUT2D eigenvalue weighted by Crippen LogP contribution is 2.32. The topological polar surface area (TPSA) is 80.7 Å². The van der Waals surface area contributed by atoms with Gasteiger partial charge in [0.15, 0.2) is 5.52 Å². The number of pyridine rings is 1. The number of fused-ring (bicyclic) bond motifs is 1. The van der Waals surface area contributed by atoms with Crippen LogP contribution in [0.2, 0.25) is 0 Å². The highest BCUT2D eigenvalue weighted by Gasteiger charge is 2.23. The summed E-state index contributed by atoms with van der Waals surface area (Å²) in [6.45, 7) is 7.67. The minimum absolute atomic E-state index is 0. The summed E-state index contributed by atoms with van der Waals surface area (Å²) in [6, 6.07) is 6.20. The summed E-state index contributed by atoms with van der Waals surface area (Å²) >= 11 is 0. The van der Waals surface area contributed by atoms with Crippen LogP contribution in [0.3, 0.4) is 0 Å². The average Bonchev–Trinajstić information content (AvgIpc) is 2.76. The lowest BCUT2D eigenvalue weighted by atomic mass is 10.0. The van der Waals surface area contributed by atoms with Gasteiger partial charge < -0.3 is 19.3 Å². The second-order valence-electron chi connectivity index (χ2n) is 8.36. The molecule has 1 aliphatic rings. The van der Waals surface area contributed by atoms with Gasteiger partial charge in [0, 0.05) is 51.2 Å². The molecular weight excluding hydrogens is 438 g/mol. The van der Waals surface area contributed by atoms with Gasteiger partial charge in [-0.25, -0.2) is 9.97 Å². The van der Waals surface area contributed by atoms with Crippen LogP contribution in [0.15, 0.2) is 30.6 Å². The Morgan fingerprint density at radius 1 is 1.18 bits per heavy atom. The van der Waals surface area contributed by atoms with Crippen molar-refractivity contribution in [1.29, 1.82) is 0 Å². The number of amides is 1. The molecule has 0 aliphatic carbocycles. The van der Waals surface area contributed by atoms with Crippen molar-refractivity contribution < 1.29 is 14.3 Å². The fourth-order valence-corrected chi connectivity index (χ4v) is 4.28. The molecule has 2 aromatic heterocycles. The van der Waals surface area contributed by atoms with E-state index in [0.717, 1.165) is 16.8 Å². The minimum Gasteiger partial charge on any atom is -0.473 e. The lowest BCUT2D eigenvalue weighted by molar-refractivity contribution is -0.137. The van der Waals surface area contributed by atoms with Gasteiger partial charge in [0.05, 0.1) is 24.4 Å². The molecule has 176 valence electrons. The number of aryl methyl sites for hydroxylation is 2. The van der Waals surface area contributed by atoms with Gasteiger partial charge in [-0.3, -0.25) is 9.78 Å². The van der Waals surface area contributed by atoms with Crippen LogP contribution >= 0.6 is 13.5 Å². The predicted molar refractivity (Wildman–Crippen MR) is 134 cm³/mol. The molecule has 1 saturated heterocycles. The third-order valence-electron chi connectivity index (χ3n) is 5.65. The van der Waals surface area contributed by atoms with Crippen LogP contribution in [0.25, 0.3) is 22.3 Å². The number of carbonyl (C=O) groups excluding carboxylic acids is 1. The zero-order valence-corrected chi connectivity index (χ0v) is 20.8. The van der Waals surface area contributed by atoms with E-state index in [1.54, 1.807) is 24.2 Å². The van der Waals surface area contributed by atoms with Crippen molar-refractivity contribution in [1.82, 2.24) is 19.9 Å². The minimum atomic E-state index is -0.214. The Hall–Kier alpha value is -2.91. The molecule has 0 radical (unpaired) electrons. The van der Waals surface area contributed by atoms with Gasteiger partial charge in [-0.05, 0) is 43.2 Å². The molecule has 3 heterocycles. The highest BCUT2D eigenvalue weighted by atomic mass is 32.1. The molecule has 1 fully saturated rings. The lowest BCUT2D eigenvalue weighted by Gasteiger charge is -2.32. The van der Waals surface area contributed by atoms with E-state index in [1.807, 2.05) is 20.2 Å². The van der Waals surface area contributed by atoms with Crippen molar-refractivity contribution in [2.75, 3.05) is 45.3 Å². The molecule has 1 aliphatic heterocycles. The van der Waals surface area contributed by atoms with Gasteiger partial charge in [-0.2, -0.15) is 13.5 Å². The maximum absolute atomic E-state index is 11.7. The molecule has 3 aromatic rings. The zero-order chi connectivity index (χ0) is 22.8. The van der Waals surface area contributed by atoms with E-state index in [9.17, 15) is 4.79 Å². The Labute approximate surface area is 201 Å². The summed E-state index contributed by atoms with van der Waals surface area (Å²) in [6.07, 6.45) is 3.08. The van der Waals surface area contributed by atoms with Crippen molar-refractivity contribution in [2.45, 2.75) is 26.9 Å². The van der Waals surface area contributed by atoms with Gasteiger partial charge in [0.1, 0.15) is 12.7 Å². The van der Waals surface area contributed by atoms with E-state index in [4.69, 9.17) is 14.5 Å². The molecule has 8 nitrogen and oxygen atoms in total. The number of hydrogen-bond acceptors (Lipinski definition) is 7. The highest BCUT2D eigenvalue weighted by molar-refractivity contribution is 7.59. The Kier molecular flexibility index (Phi) is 7.76. The Morgan fingerprint density at radius 2 is 1.88 bits per heavy atom. The smallest absolute Gasteiger partial charge is 0.242 e. The number of benzene rings is 1. The first-order valence-corrected chi connectivity index (χ1v) is 10.7. The summed E-state index contributed by atoms with van der Waals surface area (Å²) in [4.78, 5) is 29.3. The van der Waals surface area contributed by atoms with Crippen molar-refractivity contribution in [3.8, 4) is 17.1 Å². The molecule has 1 aromatic carbocycles. The van der Waals surface area contributed by atoms with Gasteiger partial charge in [-0.15, -0.1) is 0 Å². The van der Waals surface area contributed by atoms with Crippen molar-refractivity contribution in [3.63, 3.8) is 0 Å². The van der Waals surface area contributed by atoms with Crippen molar-refractivity contribution >= 4 is 36.1 Å². The largest absolute Gasteiger partial charge is 0.473 e. The van der Waals surface area contributed by atoms with Crippen LogP contribution in [-0.2, 0) is 9.53 Å². The lowest BCUT2D eigenvalue weighted by Crippen LogP contribution is -2.46. The normalized spacial score (nSPS) is 15.8. The number of hydrogen-bond donors (Lipinski definition) is 0. The Morgan fingerprint density at radius 3 is 2.55 bits per heavy atom. The van der Waals surface area contributed by atoms with E-state index in [0.29, 0.717) is 31.1 Å². The zero-order valence-electron chi connectivity index (χ0n) is 19.8. The van der Waals surface area contributed by atoms with E-state index >= 15 is 0 Å². The van der Waals surface area contributed by atoms with E-state index < -0.39 is 0 Å². The third-order valence-corrected chi connectivity index (χ3v) is 5.65. The van der Waals surface area contributed by atoms with Gasteiger partial charge in [-0.1, -0.05) is 0 Å². The van der Waals surface area contributed by atoms with E-state index in [2.05, 4.69) is 40.8 Å². The second-order valence-corrected chi connectivity index (χ2v) is 8.36. The number of rotatable bonds is 5. The molecule has 0 N–H and O–H groups in total. The molecule has 1 atom stereocenters. The van der Waals surface area contributed by atoms with Crippen LogP contribution in [0.5, 0.6) is 5.88 Å². The first-order valence-electron chi connectivity index (χ1n) is 10.7. The quantitative estimate of drug-likeness (QED) is 0.568. The fraction of sp³-hybridized carbons (Fsp3) is 0.417. The van der Waals surface area contributed by atoms with Crippen LogP contribution in [-0.4, -0.2) is 72.3 Å². The molecule has 0 unspecified atom stereocenters. The molecule has 33 heavy (non-hydrogen) atoms. The second kappa shape index (κ2) is 10.4. The summed E-state index contributed by atoms with van der Waals surface area (Å²) in [5, 5.41) is 0. The molecular formula is C24H31N5O3S. The van der Waals surface area contributed by atoms with Crippen LogP contribution in [0, 0.1) is 13.8 Å². The monoisotopic (exact) mass is 469 g/mol.